The second-order valence-electron chi connectivity index (χ2n) is 6.35. The van der Waals surface area contributed by atoms with Crippen molar-refractivity contribution in [3.8, 4) is 0 Å². The lowest BCUT2D eigenvalue weighted by molar-refractivity contribution is -0.384. The molecule has 2 aliphatic rings. The molecule has 1 aromatic carbocycles. The maximum absolute atomic E-state index is 10.7. The van der Waals surface area contributed by atoms with Crippen LogP contribution in [0.25, 0.3) is 0 Å². The summed E-state index contributed by atoms with van der Waals surface area (Å²) in [6, 6.07) is 6.66. The molecular formula is C16H23IN4O2. The zero-order chi connectivity index (χ0) is 15.6. The monoisotopic (exact) mass is 430 g/mol. The van der Waals surface area contributed by atoms with Crippen molar-refractivity contribution in [1.82, 2.24) is 10.2 Å². The van der Waals surface area contributed by atoms with Crippen molar-refractivity contribution in [1.29, 1.82) is 0 Å². The van der Waals surface area contributed by atoms with E-state index in [0.29, 0.717) is 12.0 Å². The highest BCUT2D eigenvalue weighted by Gasteiger charge is 2.43. The lowest BCUT2D eigenvalue weighted by Crippen LogP contribution is -2.42. The van der Waals surface area contributed by atoms with Crippen molar-refractivity contribution in [2.45, 2.75) is 32.2 Å². The number of benzene rings is 1. The fourth-order valence-electron chi connectivity index (χ4n) is 3.45. The molecule has 7 heteroatoms. The second kappa shape index (κ2) is 7.46. The molecule has 0 atom stereocenters. The molecule has 1 spiro atoms. The first-order chi connectivity index (χ1) is 10.6. The van der Waals surface area contributed by atoms with Gasteiger partial charge in [0.2, 0.25) is 0 Å². The molecule has 0 amide bonds. The summed E-state index contributed by atoms with van der Waals surface area (Å²) in [7, 11) is 1.81. The SMILES string of the molecule is CN=C(NCc1ccc([N+](=O)[O-])cc1)N1CCC2(CCC2)C1.I. The Morgan fingerprint density at radius 2 is 2.04 bits per heavy atom. The Morgan fingerprint density at radius 3 is 2.52 bits per heavy atom. The molecule has 0 radical (unpaired) electrons. The topological polar surface area (TPSA) is 70.8 Å². The van der Waals surface area contributed by atoms with Crippen LogP contribution >= 0.6 is 24.0 Å². The summed E-state index contributed by atoms with van der Waals surface area (Å²) < 4.78 is 0. The maximum Gasteiger partial charge on any atom is 0.269 e. The minimum Gasteiger partial charge on any atom is -0.352 e. The van der Waals surface area contributed by atoms with Crippen molar-refractivity contribution in [2.24, 2.45) is 10.4 Å². The van der Waals surface area contributed by atoms with Crippen molar-refractivity contribution in [3.63, 3.8) is 0 Å². The van der Waals surface area contributed by atoms with Gasteiger partial charge in [-0.25, -0.2) is 0 Å². The van der Waals surface area contributed by atoms with Crippen LogP contribution in [0.1, 0.15) is 31.2 Å². The van der Waals surface area contributed by atoms with Gasteiger partial charge in [0.05, 0.1) is 4.92 Å². The highest BCUT2D eigenvalue weighted by molar-refractivity contribution is 14.0. The molecule has 126 valence electrons. The van der Waals surface area contributed by atoms with Gasteiger partial charge < -0.3 is 10.2 Å². The summed E-state index contributed by atoms with van der Waals surface area (Å²) >= 11 is 0. The number of non-ortho nitro benzene ring substituents is 1. The lowest BCUT2D eigenvalue weighted by atomic mass is 9.68. The first-order valence-electron chi connectivity index (χ1n) is 7.81. The van der Waals surface area contributed by atoms with E-state index in [-0.39, 0.29) is 34.6 Å². The quantitative estimate of drug-likeness (QED) is 0.263. The van der Waals surface area contributed by atoms with E-state index < -0.39 is 0 Å². The van der Waals surface area contributed by atoms with E-state index in [4.69, 9.17) is 0 Å². The summed E-state index contributed by atoms with van der Waals surface area (Å²) in [4.78, 5) is 17.0. The molecular weight excluding hydrogens is 407 g/mol. The summed E-state index contributed by atoms with van der Waals surface area (Å²) in [5, 5.41) is 14.0. The molecule has 0 bridgehead atoms. The smallest absolute Gasteiger partial charge is 0.269 e. The van der Waals surface area contributed by atoms with Crippen LogP contribution in [0, 0.1) is 15.5 Å². The zero-order valence-corrected chi connectivity index (χ0v) is 15.7. The number of nitro benzene ring substituents is 1. The molecule has 6 nitrogen and oxygen atoms in total. The third-order valence-electron chi connectivity index (χ3n) is 4.96. The van der Waals surface area contributed by atoms with E-state index in [0.717, 1.165) is 24.6 Å². The molecule has 0 unspecified atom stereocenters. The molecule has 3 rings (SSSR count). The number of hydrogen-bond acceptors (Lipinski definition) is 3. The normalized spacial score (nSPS) is 19.2. The number of halogens is 1. The van der Waals surface area contributed by atoms with Gasteiger partial charge in [0, 0.05) is 38.8 Å². The van der Waals surface area contributed by atoms with Crippen LogP contribution in [0.5, 0.6) is 0 Å². The van der Waals surface area contributed by atoms with Crippen LogP contribution in [0.15, 0.2) is 29.3 Å². The van der Waals surface area contributed by atoms with E-state index in [1.54, 1.807) is 24.3 Å². The number of nitro groups is 1. The van der Waals surface area contributed by atoms with Gasteiger partial charge >= 0.3 is 0 Å². The molecule has 1 heterocycles. The van der Waals surface area contributed by atoms with E-state index in [1.165, 1.54) is 25.7 Å². The van der Waals surface area contributed by atoms with Gasteiger partial charge in [-0.1, -0.05) is 18.6 Å². The van der Waals surface area contributed by atoms with Crippen molar-refractivity contribution in [2.75, 3.05) is 20.1 Å². The molecule has 2 fully saturated rings. The number of guanidine groups is 1. The summed E-state index contributed by atoms with van der Waals surface area (Å²) in [6.07, 6.45) is 5.33. The van der Waals surface area contributed by atoms with Crippen LogP contribution in [-0.4, -0.2) is 35.9 Å². The van der Waals surface area contributed by atoms with Crippen LogP contribution < -0.4 is 5.32 Å². The standard InChI is InChI=1S/C16H22N4O2.HI/c1-17-15(19-10-9-16(12-19)7-2-8-16)18-11-13-3-5-14(6-4-13)20(21)22;/h3-6H,2,7-12H2,1H3,(H,17,18);1H. The Morgan fingerprint density at radius 1 is 1.35 bits per heavy atom. The highest BCUT2D eigenvalue weighted by atomic mass is 127. The molecule has 1 aliphatic carbocycles. The molecule has 1 N–H and O–H groups in total. The predicted molar refractivity (Wildman–Crippen MR) is 101 cm³/mol. The molecule has 1 saturated carbocycles. The van der Waals surface area contributed by atoms with E-state index in [9.17, 15) is 10.1 Å². The van der Waals surface area contributed by atoms with Gasteiger partial charge in [0.15, 0.2) is 5.96 Å². The molecule has 1 aliphatic heterocycles. The number of nitrogens with zero attached hydrogens (tertiary/aromatic N) is 3. The van der Waals surface area contributed by atoms with Gasteiger partial charge in [-0.15, -0.1) is 24.0 Å². The van der Waals surface area contributed by atoms with Crippen molar-refractivity contribution in [3.05, 3.63) is 39.9 Å². The Kier molecular flexibility index (Phi) is 5.83. The number of nitrogens with one attached hydrogen (secondary N) is 1. The number of aliphatic imine (C=N–C) groups is 1. The average Bonchev–Trinajstić information content (AvgIpc) is 2.94. The van der Waals surface area contributed by atoms with E-state index >= 15 is 0 Å². The van der Waals surface area contributed by atoms with Crippen molar-refractivity contribution < 1.29 is 4.92 Å². The lowest BCUT2D eigenvalue weighted by Gasteiger charge is -2.38. The van der Waals surface area contributed by atoms with Crippen molar-refractivity contribution >= 4 is 35.6 Å². The Labute approximate surface area is 153 Å². The van der Waals surface area contributed by atoms with Gasteiger partial charge in [0.1, 0.15) is 0 Å². The predicted octanol–water partition coefficient (Wildman–Crippen LogP) is 3.16. The van der Waals surface area contributed by atoms with E-state index in [2.05, 4.69) is 15.2 Å². The minimum atomic E-state index is -0.377. The molecule has 1 aromatic rings. The Hall–Kier alpha value is -1.38. The Balaban J connectivity index is 0.00000192. The van der Waals surface area contributed by atoms with Gasteiger partial charge in [-0.05, 0) is 30.2 Å². The average molecular weight is 430 g/mol. The molecule has 0 aromatic heterocycles. The fraction of sp³-hybridized carbons (Fsp3) is 0.562. The summed E-state index contributed by atoms with van der Waals surface area (Å²) in [6.45, 7) is 2.81. The first-order valence-corrected chi connectivity index (χ1v) is 7.81. The summed E-state index contributed by atoms with van der Waals surface area (Å²) in [5.41, 5.74) is 1.69. The second-order valence-corrected chi connectivity index (χ2v) is 6.35. The van der Waals surface area contributed by atoms with Crippen LogP contribution in [-0.2, 0) is 6.54 Å². The van der Waals surface area contributed by atoms with Crippen LogP contribution in [0.2, 0.25) is 0 Å². The number of hydrogen-bond donors (Lipinski definition) is 1. The maximum atomic E-state index is 10.7. The van der Waals surface area contributed by atoms with Gasteiger partial charge in [0.25, 0.3) is 5.69 Å². The zero-order valence-electron chi connectivity index (χ0n) is 13.3. The largest absolute Gasteiger partial charge is 0.352 e. The van der Waals surface area contributed by atoms with Crippen LogP contribution in [0.3, 0.4) is 0 Å². The van der Waals surface area contributed by atoms with Crippen LogP contribution in [0.4, 0.5) is 5.69 Å². The third-order valence-corrected chi connectivity index (χ3v) is 4.96. The van der Waals surface area contributed by atoms with Gasteiger partial charge in [-0.3, -0.25) is 15.1 Å². The number of rotatable bonds is 3. The summed E-state index contributed by atoms with van der Waals surface area (Å²) in [5.74, 6) is 0.933. The number of likely N-dealkylation sites (tertiary alicyclic amines) is 1. The first kappa shape index (κ1) is 18.0. The molecule has 1 saturated heterocycles. The Bertz CT molecular complexity index is 584. The molecule has 23 heavy (non-hydrogen) atoms. The fourth-order valence-corrected chi connectivity index (χ4v) is 3.45. The highest BCUT2D eigenvalue weighted by Crippen LogP contribution is 2.47. The van der Waals surface area contributed by atoms with E-state index in [1.807, 2.05) is 7.05 Å². The third kappa shape index (κ3) is 3.94. The minimum absolute atomic E-state index is 0. The van der Waals surface area contributed by atoms with Gasteiger partial charge in [-0.2, -0.15) is 0 Å².